The first-order valence-electron chi connectivity index (χ1n) is 6.60. The highest BCUT2D eigenvalue weighted by Gasteiger charge is 2.16. The molecule has 3 aromatic rings. The molecule has 0 aliphatic rings. The van der Waals surface area contributed by atoms with Gasteiger partial charge in [0.2, 0.25) is 0 Å². The number of nitrogens with one attached hydrogen (secondary N) is 1. The minimum absolute atomic E-state index is 0.284. The van der Waals surface area contributed by atoms with Crippen LogP contribution in [0.15, 0.2) is 48.8 Å². The van der Waals surface area contributed by atoms with Gasteiger partial charge in [-0.25, -0.2) is 4.39 Å². The van der Waals surface area contributed by atoms with Crippen LogP contribution in [0.3, 0.4) is 0 Å². The molecule has 0 atom stereocenters. The maximum absolute atomic E-state index is 14.3. The van der Waals surface area contributed by atoms with E-state index < -0.39 is 5.82 Å². The van der Waals surface area contributed by atoms with Crippen LogP contribution >= 0.6 is 0 Å². The van der Waals surface area contributed by atoms with Crippen molar-refractivity contribution in [1.29, 1.82) is 5.26 Å². The van der Waals surface area contributed by atoms with Gasteiger partial charge in [0.1, 0.15) is 11.6 Å². The normalized spacial score (nSPS) is 10.2. The molecule has 0 saturated heterocycles. The number of benzene rings is 2. The van der Waals surface area contributed by atoms with E-state index >= 15 is 0 Å². The van der Waals surface area contributed by atoms with Gasteiger partial charge in [-0.05, 0) is 29.8 Å². The van der Waals surface area contributed by atoms with Crippen molar-refractivity contribution >= 4 is 0 Å². The third-order valence-corrected chi connectivity index (χ3v) is 3.44. The molecule has 1 heterocycles. The Morgan fingerprint density at radius 3 is 2.77 bits per heavy atom. The summed E-state index contributed by atoms with van der Waals surface area (Å²) in [6.45, 7) is 0. The zero-order chi connectivity index (χ0) is 15.5. The third kappa shape index (κ3) is 2.31. The largest absolute Gasteiger partial charge is 0.496 e. The molecule has 22 heavy (non-hydrogen) atoms. The summed E-state index contributed by atoms with van der Waals surface area (Å²) >= 11 is 0. The second-order valence-electron chi connectivity index (χ2n) is 4.68. The summed E-state index contributed by atoms with van der Waals surface area (Å²) in [7, 11) is 1.48. The third-order valence-electron chi connectivity index (χ3n) is 3.44. The Kier molecular flexibility index (Phi) is 3.58. The summed E-state index contributed by atoms with van der Waals surface area (Å²) in [5.74, 6) is -0.0407. The number of rotatable bonds is 3. The Hall–Kier alpha value is -3.13. The summed E-state index contributed by atoms with van der Waals surface area (Å²) in [4.78, 5) is 0. The number of nitriles is 1. The van der Waals surface area contributed by atoms with E-state index in [2.05, 4.69) is 16.3 Å². The van der Waals surface area contributed by atoms with E-state index in [1.807, 2.05) is 0 Å². The molecule has 0 aliphatic heterocycles. The first kappa shape index (κ1) is 13.8. The molecule has 0 saturated carbocycles. The van der Waals surface area contributed by atoms with Gasteiger partial charge in [0.15, 0.2) is 0 Å². The molecule has 108 valence electrons. The van der Waals surface area contributed by atoms with E-state index in [1.54, 1.807) is 42.7 Å². The van der Waals surface area contributed by atoms with Gasteiger partial charge in [-0.1, -0.05) is 12.1 Å². The van der Waals surface area contributed by atoms with Crippen molar-refractivity contribution in [2.24, 2.45) is 0 Å². The second-order valence-corrected chi connectivity index (χ2v) is 4.68. The Balaban J connectivity index is 2.26. The van der Waals surface area contributed by atoms with E-state index in [0.717, 1.165) is 11.1 Å². The van der Waals surface area contributed by atoms with Gasteiger partial charge >= 0.3 is 0 Å². The van der Waals surface area contributed by atoms with E-state index in [1.165, 1.54) is 13.2 Å². The van der Waals surface area contributed by atoms with Crippen LogP contribution in [0.1, 0.15) is 5.56 Å². The number of aromatic nitrogens is 2. The molecule has 0 aliphatic carbocycles. The van der Waals surface area contributed by atoms with E-state index in [4.69, 9.17) is 4.74 Å². The summed E-state index contributed by atoms with van der Waals surface area (Å²) in [5, 5.41) is 16.0. The lowest BCUT2D eigenvalue weighted by atomic mass is 9.95. The quantitative estimate of drug-likeness (QED) is 0.799. The highest BCUT2D eigenvalue weighted by atomic mass is 19.1. The fraction of sp³-hybridized carbons (Fsp3) is 0.0588. The molecule has 0 radical (unpaired) electrons. The molecule has 0 bridgehead atoms. The Bertz CT molecular complexity index is 851. The number of methoxy groups -OCH3 is 1. The van der Waals surface area contributed by atoms with Gasteiger partial charge < -0.3 is 4.74 Å². The zero-order valence-electron chi connectivity index (χ0n) is 11.8. The summed E-state index contributed by atoms with van der Waals surface area (Å²) in [6, 6.07) is 11.9. The molecule has 0 fully saturated rings. The smallest absolute Gasteiger partial charge is 0.134 e. The molecule has 1 N–H and O–H groups in total. The molecule has 2 aromatic carbocycles. The molecule has 5 heteroatoms. The zero-order valence-corrected chi connectivity index (χ0v) is 11.8. The van der Waals surface area contributed by atoms with Crippen LogP contribution in [0.4, 0.5) is 4.39 Å². The van der Waals surface area contributed by atoms with Gasteiger partial charge in [0.05, 0.1) is 30.5 Å². The van der Waals surface area contributed by atoms with Crippen LogP contribution in [-0.4, -0.2) is 17.3 Å². The lowest BCUT2D eigenvalue weighted by Crippen LogP contribution is -1.94. The van der Waals surface area contributed by atoms with Crippen LogP contribution in [0, 0.1) is 17.1 Å². The van der Waals surface area contributed by atoms with Crippen molar-refractivity contribution in [2.75, 3.05) is 7.11 Å². The van der Waals surface area contributed by atoms with E-state index in [0.29, 0.717) is 16.9 Å². The summed E-state index contributed by atoms with van der Waals surface area (Å²) in [5.41, 5.74) is 2.87. The standard InChI is InChI=1S/C17H12FN3O/c1-22-16-4-2-3-15(18)17(16)14-7-11(5-6-12(14)8-19)13-9-20-21-10-13/h2-7,9-10H,1H3,(H,20,21). The van der Waals surface area contributed by atoms with E-state index in [9.17, 15) is 9.65 Å². The first-order chi connectivity index (χ1) is 10.7. The monoisotopic (exact) mass is 293 g/mol. The fourth-order valence-electron chi connectivity index (χ4n) is 2.37. The lowest BCUT2D eigenvalue weighted by Gasteiger charge is -2.12. The van der Waals surface area contributed by atoms with Crippen molar-refractivity contribution in [2.45, 2.75) is 0 Å². The Labute approximate surface area is 126 Å². The second kappa shape index (κ2) is 5.70. The topological polar surface area (TPSA) is 61.7 Å². The number of hydrogen-bond acceptors (Lipinski definition) is 3. The van der Waals surface area contributed by atoms with Gasteiger partial charge in [0.25, 0.3) is 0 Å². The number of ether oxygens (including phenoxy) is 1. The van der Waals surface area contributed by atoms with Crippen LogP contribution in [0.2, 0.25) is 0 Å². The van der Waals surface area contributed by atoms with Crippen LogP contribution in [0.5, 0.6) is 5.75 Å². The molecule has 0 unspecified atom stereocenters. The van der Waals surface area contributed by atoms with Gasteiger partial charge in [0, 0.05) is 17.3 Å². The first-order valence-corrected chi connectivity index (χ1v) is 6.60. The predicted molar refractivity (Wildman–Crippen MR) is 80.7 cm³/mol. The number of nitrogens with zero attached hydrogens (tertiary/aromatic N) is 2. The fourth-order valence-corrected chi connectivity index (χ4v) is 2.37. The molecule has 0 amide bonds. The van der Waals surface area contributed by atoms with E-state index in [-0.39, 0.29) is 5.56 Å². The van der Waals surface area contributed by atoms with Crippen molar-refractivity contribution in [1.82, 2.24) is 10.2 Å². The van der Waals surface area contributed by atoms with Gasteiger partial charge in [-0.2, -0.15) is 10.4 Å². The maximum Gasteiger partial charge on any atom is 0.134 e. The Morgan fingerprint density at radius 2 is 2.09 bits per heavy atom. The SMILES string of the molecule is COc1cccc(F)c1-c1cc(-c2cn[nH]c2)ccc1C#N. The van der Waals surface area contributed by atoms with Crippen LogP contribution < -0.4 is 4.74 Å². The number of aromatic amines is 1. The molecule has 0 spiro atoms. The minimum Gasteiger partial charge on any atom is -0.496 e. The van der Waals surface area contributed by atoms with Crippen molar-refractivity contribution in [3.05, 3.63) is 60.2 Å². The number of halogens is 1. The average Bonchev–Trinajstić information content (AvgIpc) is 3.08. The predicted octanol–water partition coefficient (Wildman–Crippen LogP) is 3.76. The van der Waals surface area contributed by atoms with Crippen molar-refractivity contribution in [3.8, 4) is 34.1 Å². The van der Waals surface area contributed by atoms with Crippen LogP contribution in [-0.2, 0) is 0 Å². The summed E-state index contributed by atoms with van der Waals surface area (Å²) in [6.07, 6.45) is 3.41. The average molecular weight is 293 g/mol. The lowest BCUT2D eigenvalue weighted by molar-refractivity contribution is 0.413. The molecular formula is C17H12FN3O. The number of hydrogen-bond donors (Lipinski definition) is 1. The maximum atomic E-state index is 14.3. The molecular weight excluding hydrogens is 281 g/mol. The molecule has 1 aromatic heterocycles. The highest BCUT2D eigenvalue weighted by Crippen LogP contribution is 2.36. The number of H-pyrrole nitrogens is 1. The highest BCUT2D eigenvalue weighted by molar-refractivity contribution is 5.80. The molecule has 3 rings (SSSR count). The minimum atomic E-state index is -0.430. The summed E-state index contributed by atoms with van der Waals surface area (Å²) < 4.78 is 19.5. The van der Waals surface area contributed by atoms with Gasteiger partial charge in [-0.3, -0.25) is 5.10 Å². The van der Waals surface area contributed by atoms with Gasteiger partial charge in [-0.15, -0.1) is 0 Å². The molecule has 4 nitrogen and oxygen atoms in total. The van der Waals surface area contributed by atoms with Crippen molar-refractivity contribution in [3.63, 3.8) is 0 Å². The van der Waals surface area contributed by atoms with Crippen LogP contribution in [0.25, 0.3) is 22.3 Å². The van der Waals surface area contributed by atoms with Crippen molar-refractivity contribution < 1.29 is 9.13 Å². The Morgan fingerprint density at radius 1 is 1.23 bits per heavy atom.